The number of carbonyl (C=O) groups is 1. The van der Waals surface area contributed by atoms with Crippen LogP contribution in [0.1, 0.15) is 17.3 Å². The number of rotatable bonds is 2. The second-order valence-electron chi connectivity index (χ2n) is 2.71. The van der Waals surface area contributed by atoms with E-state index in [2.05, 4.69) is 4.63 Å². The largest absolute Gasteiger partial charge is 0.295 e. The molecule has 0 amide bonds. The van der Waals surface area contributed by atoms with Gasteiger partial charge in [-0.2, -0.15) is 0 Å². The summed E-state index contributed by atoms with van der Waals surface area (Å²) in [6, 6.07) is 7.13. The Morgan fingerprint density at radius 2 is 2.23 bits per heavy atom. The fourth-order valence-electron chi connectivity index (χ4n) is 0.970. The molecule has 0 atom stereocenters. The van der Waals surface area contributed by atoms with Crippen molar-refractivity contribution in [2.24, 2.45) is 4.63 Å². The van der Waals surface area contributed by atoms with Crippen LogP contribution in [0.3, 0.4) is 0 Å². The minimum Gasteiger partial charge on any atom is -0.295 e. The van der Waals surface area contributed by atoms with Gasteiger partial charge in [0.25, 0.3) is 0 Å². The van der Waals surface area contributed by atoms with Crippen molar-refractivity contribution < 1.29 is 9.49 Å². The van der Waals surface area contributed by atoms with Crippen LogP contribution >= 0.6 is 11.8 Å². The van der Waals surface area contributed by atoms with Gasteiger partial charge in [-0.25, -0.2) is 0 Å². The third-order valence-electron chi connectivity index (χ3n) is 1.74. The van der Waals surface area contributed by atoms with E-state index in [1.165, 1.54) is 11.6 Å². The van der Waals surface area contributed by atoms with Crippen molar-refractivity contribution in [2.75, 3.05) is 7.05 Å². The first kappa shape index (κ1) is 9.86. The summed E-state index contributed by atoms with van der Waals surface area (Å²) in [6.45, 7) is 1.52. The molecule has 0 aliphatic heterocycles. The minimum atomic E-state index is 0.0322. The molecular weight excluding hydrogens is 188 g/mol. The van der Waals surface area contributed by atoms with Crippen LogP contribution in [0.2, 0.25) is 0 Å². The van der Waals surface area contributed by atoms with Crippen molar-refractivity contribution in [2.45, 2.75) is 6.92 Å². The third kappa shape index (κ3) is 2.36. The molecule has 0 unspecified atom stereocenters. The maximum absolute atomic E-state index is 11.0. The minimum absolute atomic E-state index is 0.0322. The monoisotopic (exact) mass is 197 g/mol. The Bertz CT molecular complexity index is 360. The molecule has 1 aromatic rings. The molecule has 0 radical (unpaired) electrons. The molecule has 0 aliphatic rings. The van der Waals surface area contributed by atoms with Gasteiger partial charge in [-0.15, -0.1) is 0 Å². The van der Waals surface area contributed by atoms with Crippen LogP contribution in [0.5, 0.6) is 0 Å². The molecule has 0 bridgehead atoms. The van der Waals surface area contributed by atoms with Crippen LogP contribution in [-0.2, 0) is 0 Å². The molecule has 4 heteroatoms. The maximum atomic E-state index is 11.0. The summed E-state index contributed by atoms with van der Waals surface area (Å²) < 4.78 is 4.95. The maximum Gasteiger partial charge on any atom is 0.233 e. The fraction of sp³-hybridized carbons (Fsp3) is 0.222. The summed E-state index contributed by atoms with van der Waals surface area (Å²) in [5.41, 5.74) is 1.45. The Hall–Kier alpha value is -1.22. The van der Waals surface area contributed by atoms with Crippen molar-refractivity contribution in [3.63, 3.8) is 0 Å². The SMILES string of the molecule is CC(=O)c1cccc([N+](C)=NCl)c1. The molecule has 1 aromatic carbocycles. The van der Waals surface area contributed by atoms with Gasteiger partial charge in [0.2, 0.25) is 5.69 Å². The zero-order chi connectivity index (χ0) is 9.84. The smallest absolute Gasteiger partial charge is 0.233 e. The summed E-state index contributed by atoms with van der Waals surface area (Å²) in [6.07, 6.45) is 0. The van der Waals surface area contributed by atoms with Crippen molar-refractivity contribution >= 4 is 23.2 Å². The van der Waals surface area contributed by atoms with E-state index in [1.54, 1.807) is 25.2 Å². The van der Waals surface area contributed by atoms with Gasteiger partial charge < -0.3 is 0 Å². The van der Waals surface area contributed by atoms with Gasteiger partial charge in [0.15, 0.2) is 12.8 Å². The Labute approximate surface area is 81.8 Å². The number of Topliss-reactive ketones (excluding diaryl/α,β-unsaturated/α-hetero) is 1. The predicted molar refractivity (Wildman–Crippen MR) is 50.6 cm³/mol. The second kappa shape index (κ2) is 4.14. The highest BCUT2D eigenvalue weighted by molar-refractivity contribution is 6.13. The lowest BCUT2D eigenvalue weighted by Crippen LogP contribution is -1.96. The number of hydrogen-bond donors (Lipinski definition) is 0. The van der Waals surface area contributed by atoms with Crippen LogP contribution in [-0.4, -0.2) is 17.5 Å². The van der Waals surface area contributed by atoms with Gasteiger partial charge in [0, 0.05) is 17.7 Å². The Morgan fingerprint density at radius 3 is 2.77 bits per heavy atom. The molecule has 13 heavy (non-hydrogen) atoms. The van der Waals surface area contributed by atoms with E-state index >= 15 is 0 Å². The molecule has 0 heterocycles. The summed E-state index contributed by atoms with van der Waals surface area (Å²) >= 11 is 5.28. The van der Waals surface area contributed by atoms with E-state index in [0.717, 1.165) is 5.69 Å². The van der Waals surface area contributed by atoms with Gasteiger partial charge in [-0.3, -0.25) is 4.79 Å². The van der Waals surface area contributed by atoms with Crippen molar-refractivity contribution in [1.29, 1.82) is 0 Å². The molecule has 0 aliphatic carbocycles. The average Bonchev–Trinajstić information content (AvgIpc) is 2.17. The number of benzene rings is 1. The van der Waals surface area contributed by atoms with Gasteiger partial charge in [0.1, 0.15) is 11.8 Å². The fourth-order valence-corrected chi connectivity index (χ4v) is 1.06. The zero-order valence-electron chi connectivity index (χ0n) is 7.49. The van der Waals surface area contributed by atoms with Crippen LogP contribution in [0.15, 0.2) is 28.9 Å². The van der Waals surface area contributed by atoms with E-state index in [1.807, 2.05) is 6.07 Å². The van der Waals surface area contributed by atoms with E-state index in [-0.39, 0.29) is 5.78 Å². The Kier molecular flexibility index (Phi) is 3.14. The third-order valence-corrected chi connectivity index (χ3v) is 1.97. The first-order valence-electron chi connectivity index (χ1n) is 3.82. The number of ketones is 1. The number of hydrogen-bond acceptors (Lipinski definition) is 2. The lowest BCUT2D eigenvalue weighted by atomic mass is 10.1. The molecule has 0 aromatic heterocycles. The standard InChI is InChI=1S/C9H10ClN2O/c1-7(13)8-4-3-5-9(6-8)12(2)11-10/h3-6H,1-2H3/q+1. The highest BCUT2D eigenvalue weighted by Crippen LogP contribution is 2.14. The molecule has 0 fully saturated rings. The Morgan fingerprint density at radius 1 is 1.54 bits per heavy atom. The first-order valence-corrected chi connectivity index (χ1v) is 4.15. The van der Waals surface area contributed by atoms with Crippen molar-refractivity contribution in [3.05, 3.63) is 29.8 Å². The molecule has 0 saturated heterocycles. The van der Waals surface area contributed by atoms with Gasteiger partial charge in [0.05, 0.1) is 4.63 Å². The van der Waals surface area contributed by atoms with Crippen LogP contribution in [0.25, 0.3) is 0 Å². The lowest BCUT2D eigenvalue weighted by Gasteiger charge is -1.95. The average molecular weight is 198 g/mol. The van der Waals surface area contributed by atoms with Crippen molar-refractivity contribution in [3.8, 4) is 0 Å². The quantitative estimate of drug-likeness (QED) is 0.408. The first-order chi connectivity index (χ1) is 6.15. The van der Waals surface area contributed by atoms with E-state index in [4.69, 9.17) is 11.8 Å². The van der Waals surface area contributed by atoms with E-state index < -0.39 is 0 Å². The van der Waals surface area contributed by atoms with Gasteiger partial charge in [-0.1, -0.05) is 16.8 Å². The number of nitrogens with zero attached hydrogens (tertiary/aromatic N) is 2. The zero-order valence-corrected chi connectivity index (χ0v) is 8.25. The highest BCUT2D eigenvalue weighted by Gasteiger charge is 2.07. The normalized spacial score (nSPS) is 11.5. The van der Waals surface area contributed by atoms with Crippen LogP contribution in [0, 0.1) is 0 Å². The van der Waals surface area contributed by atoms with Gasteiger partial charge in [-0.05, 0) is 6.92 Å². The molecule has 68 valence electrons. The number of carbonyl (C=O) groups excluding carboxylic acids is 1. The summed E-state index contributed by atoms with van der Waals surface area (Å²) in [4.78, 5) is 11.0. The molecule has 3 nitrogen and oxygen atoms in total. The second-order valence-corrected chi connectivity index (χ2v) is 2.86. The molecular formula is C9H10ClN2O+. The van der Waals surface area contributed by atoms with Gasteiger partial charge >= 0.3 is 0 Å². The summed E-state index contributed by atoms with van der Waals surface area (Å²) in [5.74, 6) is 0.0322. The van der Waals surface area contributed by atoms with Crippen LogP contribution < -0.4 is 0 Å². The molecule has 0 spiro atoms. The molecule has 0 N–H and O–H groups in total. The lowest BCUT2D eigenvalue weighted by molar-refractivity contribution is -0.471. The molecule has 1 rings (SSSR count). The van der Waals surface area contributed by atoms with E-state index in [9.17, 15) is 4.79 Å². The van der Waals surface area contributed by atoms with E-state index in [0.29, 0.717) is 5.56 Å². The number of halogens is 1. The predicted octanol–water partition coefficient (Wildman–Crippen LogP) is 2.77. The summed E-state index contributed by atoms with van der Waals surface area (Å²) in [7, 11) is 1.71. The topological polar surface area (TPSA) is 32.4 Å². The van der Waals surface area contributed by atoms with Crippen molar-refractivity contribution in [1.82, 2.24) is 0 Å². The van der Waals surface area contributed by atoms with Crippen LogP contribution in [0.4, 0.5) is 5.69 Å². The summed E-state index contributed by atoms with van der Waals surface area (Å²) in [5, 5.41) is 0. The highest BCUT2D eigenvalue weighted by atomic mass is 35.5. The molecule has 0 saturated carbocycles. The Balaban J connectivity index is 3.13.